The maximum absolute atomic E-state index is 6.22. The zero-order valence-electron chi connectivity index (χ0n) is 14.4. The second kappa shape index (κ2) is 6.78. The fraction of sp³-hybridized carbons (Fsp3) is 0.211. The van der Waals surface area contributed by atoms with Crippen LogP contribution in [0.5, 0.6) is 5.88 Å². The van der Waals surface area contributed by atoms with Gasteiger partial charge in [-0.1, -0.05) is 59.8 Å². The number of hydrogen-bond acceptors (Lipinski definition) is 6. The number of nitrogens with zero attached hydrogens (tertiary/aromatic N) is 3. The lowest BCUT2D eigenvalue weighted by Gasteiger charge is -2.26. The highest BCUT2D eigenvalue weighted by atomic mass is 35.5. The fourth-order valence-corrected chi connectivity index (χ4v) is 3.81. The smallest absolute Gasteiger partial charge is 0.247 e. The second-order valence-electron chi connectivity index (χ2n) is 6.41. The first-order valence-electron chi connectivity index (χ1n) is 8.19. The predicted molar refractivity (Wildman–Crippen MR) is 105 cm³/mol. The van der Waals surface area contributed by atoms with Gasteiger partial charge in [0.05, 0.1) is 0 Å². The third-order valence-corrected chi connectivity index (χ3v) is 5.17. The van der Waals surface area contributed by atoms with Gasteiger partial charge in [-0.05, 0) is 31.5 Å². The van der Waals surface area contributed by atoms with E-state index in [1.165, 1.54) is 11.8 Å². The van der Waals surface area contributed by atoms with Gasteiger partial charge in [0.2, 0.25) is 11.0 Å². The Labute approximate surface area is 161 Å². The van der Waals surface area contributed by atoms with Crippen LogP contribution in [-0.4, -0.2) is 20.9 Å². The first-order valence-corrected chi connectivity index (χ1v) is 9.56. The first kappa shape index (κ1) is 17.1. The van der Waals surface area contributed by atoms with E-state index in [4.69, 9.17) is 16.3 Å². The zero-order chi connectivity index (χ0) is 18.1. The van der Waals surface area contributed by atoms with Crippen LogP contribution in [0, 0.1) is 0 Å². The molecule has 26 heavy (non-hydrogen) atoms. The summed E-state index contributed by atoms with van der Waals surface area (Å²) in [6.45, 7) is 3.91. The summed E-state index contributed by atoms with van der Waals surface area (Å²) in [5.74, 6) is 1.14. The van der Waals surface area contributed by atoms with Crippen molar-refractivity contribution < 1.29 is 4.74 Å². The number of nitrogens with one attached hydrogen (secondary N) is 1. The molecule has 0 fully saturated rings. The molecule has 1 aromatic heterocycles. The van der Waals surface area contributed by atoms with E-state index in [9.17, 15) is 0 Å². The van der Waals surface area contributed by atoms with Crippen molar-refractivity contribution in [3.63, 3.8) is 0 Å². The molecule has 0 aliphatic carbocycles. The number of aromatic nitrogens is 3. The molecule has 0 saturated heterocycles. The molecule has 1 N–H and O–H groups in total. The summed E-state index contributed by atoms with van der Waals surface area (Å²) in [7, 11) is 0. The van der Waals surface area contributed by atoms with Gasteiger partial charge in [-0.15, -0.1) is 10.2 Å². The molecule has 132 valence electrons. The van der Waals surface area contributed by atoms with Crippen LogP contribution < -0.4 is 10.1 Å². The number of halogens is 1. The quantitative estimate of drug-likeness (QED) is 0.639. The van der Waals surface area contributed by atoms with Crippen molar-refractivity contribution >= 4 is 29.1 Å². The molecule has 4 rings (SSSR count). The second-order valence-corrected chi connectivity index (χ2v) is 7.76. The summed E-state index contributed by atoms with van der Waals surface area (Å²) < 4.78 is 6.08. The van der Waals surface area contributed by atoms with E-state index in [-0.39, 0.29) is 0 Å². The van der Waals surface area contributed by atoms with E-state index in [0.717, 1.165) is 21.8 Å². The van der Waals surface area contributed by atoms with Crippen LogP contribution in [0.2, 0.25) is 5.02 Å². The monoisotopic (exact) mass is 384 g/mol. The van der Waals surface area contributed by atoms with E-state index >= 15 is 0 Å². The molecule has 7 heteroatoms. The van der Waals surface area contributed by atoms with Crippen LogP contribution >= 0.6 is 23.4 Å². The van der Waals surface area contributed by atoms with E-state index in [1.54, 1.807) is 0 Å². The lowest BCUT2D eigenvalue weighted by molar-refractivity contribution is 0.134. The van der Waals surface area contributed by atoms with Crippen LogP contribution in [0.1, 0.15) is 19.4 Å². The standard InChI is InChI=1S/C19H17ClN4OS/c1-19(2)22-15-10-6-4-8-13(15)16-17(25-19)21-18(24-23-16)26-11-12-7-3-5-9-14(12)20/h3-10,22H,11H2,1-2H3. The SMILES string of the molecule is CC1(C)Nc2ccccc2-c2nnc(SCc3ccccc3Cl)nc2O1. The lowest BCUT2D eigenvalue weighted by atomic mass is 10.1. The Bertz CT molecular complexity index is 964. The molecule has 0 atom stereocenters. The van der Waals surface area contributed by atoms with Crippen molar-refractivity contribution in [3.05, 3.63) is 59.1 Å². The molecule has 2 aromatic carbocycles. The van der Waals surface area contributed by atoms with Gasteiger partial charge < -0.3 is 10.1 Å². The molecule has 0 saturated carbocycles. The molecule has 0 radical (unpaired) electrons. The largest absolute Gasteiger partial charge is 0.450 e. The summed E-state index contributed by atoms with van der Waals surface area (Å²) in [6.07, 6.45) is 0. The van der Waals surface area contributed by atoms with Gasteiger partial charge >= 0.3 is 0 Å². The molecule has 0 unspecified atom stereocenters. The van der Waals surface area contributed by atoms with Crippen molar-refractivity contribution in [3.8, 4) is 17.1 Å². The predicted octanol–water partition coefficient (Wildman–Crippen LogP) is 5.02. The van der Waals surface area contributed by atoms with Crippen molar-refractivity contribution in [2.45, 2.75) is 30.5 Å². The minimum atomic E-state index is -0.609. The van der Waals surface area contributed by atoms with Crippen LogP contribution in [0.25, 0.3) is 11.3 Å². The lowest BCUT2D eigenvalue weighted by Crippen LogP contribution is -2.37. The number of thioether (sulfide) groups is 1. The average Bonchev–Trinajstić information content (AvgIpc) is 2.72. The Balaban J connectivity index is 1.66. The highest BCUT2D eigenvalue weighted by Gasteiger charge is 2.29. The summed E-state index contributed by atoms with van der Waals surface area (Å²) in [6, 6.07) is 15.7. The molecule has 0 bridgehead atoms. The molecule has 5 nitrogen and oxygen atoms in total. The summed E-state index contributed by atoms with van der Waals surface area (Å²) in [5, 5.41) is 13.3. The molecule has 1 aliphatic heterocycles. The van der Waals surface area contributed by atoms with Gasteiger partial charge in [-0.2, -0.15) is 4.98 Å². The molecule has 3 aromatic rings. The average molecular weight is 385 g/mol. The maximum atomic E-state index is 6.22. The highest BCUT2D eigenvalue weighted by Crippen LogP contribution is 2.38. The Morgan fingerprint density at radius 2 is 1.85 bits per heavy atom. The third kappa shape index (κ3) is 3.48. The minimum absolute atomic E-state index is 0.476. The van der Waals surface area contributed by atoms with Crippen LogP contribution in [-0.2, 0) is 5.75 Å². The molecule has 0 spiro atoms. The molecular weight excluding hydrogens is 368 g/mol. The molecule has 2 heterocycles. The summed E-state index contributed by atoms with van der Waals surface area (Å²) >= 11 is 7.70. The van der Waals surface area contributed by atoms with E-state index in [0.29, 0.717) is 22.5 Å². The number of hydrogen-bond donors (Lipinski definition) is 1. The van der Waals surface area contributed by atoms with Crippen molar-refractivity contribution in [2.24, 2.45) is 0 Å². The third-order valence-electron chi connectivity index (χ3n) is 3.92. The molecule has 0 amide bonds. The van der Waals surface area contributed by atoms with Gasteiger partial charge in [-0.3, -0.25) is 0 Å². The first-order chi connectivity index (χ1) is 12.5. The Kier molecular flexibility index (Phi) is 4.46. The summed E-state index contributed by atoms with van der Waals surface area (Å²) in [4.78, 5) is 4.60. The summed E-state index contributed by atoms with van der Waals surface area (Å²) in [5.41, 5.74) is 2.94. The van der Waals surface area contributed by atoms with Gasteiger partial charge in [0.25, 0.3) is 0 Å². The Morgan fingerprint density at radius 3 is 2.69 bits per heavy atom. The number of ether oxygens (including phenoxy) is 1. The van der Waals surface area contributed by atoms with Crippen molar-refractivity contribution in [1.29, 1.82) is 0 Å². The van der Waals surface area contributed by atoms with E-state index < -0.39 is 5.72 Å². The Hall–Kier alpha value is -2.31. The number of rotatable bonds is 3. The topological polar surface area (TPSA) is 59.9 Å². The van der Waals surface area contributed by atoms with Crippen LogP contribution in [0.3, 0.4) is 0 Å². The molecule has 1 aliphatic rings. The van der Waals surface area contributed by atoms with E-state index in [2.05, 4.69) is 20.5 Å². The van der Waals surface area contributed by atoms with Gasteiger partial charge in [-0.25, -0.2) is 0 Å². The number of para-hydroxylation sites is 1. The van der Waals surface area contributed by atoms with Gasteiger partial charge in [0, 0.05) is 22.0 Å². The molecular formula is C19H17ClN4OS. The van der Waals surface area contributed by atoms with Crippen LogP contribution in [0.4, 0.5) is 5.69 Å². The highest BCUT2D eigenvalue weighted by molar-refractivity contribution is 7.98. The van der Waals surface area contributed by atoms with Gasteiger partial charge in [0.1, 0.15) is 0 Å². The van der Waals surface area contributed by atoms with Gasteiger partial charge in [0.15, 0.2) is 11.4 Å². The van der Waals surface area contributed by atoms with Crippen molar-refractivity contribution in [2.75, 3.05) is 5.32 Å². The fourth-order valence-electron chi connectivity index (χ4n) is 2.75. The number of benzene rings is 2. The van der Waals surface area contributed by atoms with Crippen molar-refractivity contribution in [1.82, 2.24) is 15.2 Å². The maximum Gasteiger partial charge on any atom is 0.247 e. The zero-order valence-corrected chi connectivity index (χ0v) is 15.9. The minimum Gasteiger partial charge on any atom is -0.450 e. The number of fused-ring (bicyclic) bond motifs is 3. The van der Waals surface area contributed by atoms with Crippen LogP contribution in [0.15, 0.2) is 53.7 Å². The number of anilines is 1. The Morgan fingerprint density at radius 1 is 1.08 bits per heavy atom. The normalized spacial score (nSPS) is 14.4. The van der Waals surface area contributed by atoms with E-state index in [1.807, 2.05) is 62.4 Å².